The molecule has 1 aliphatic heterocycles. The zero-order valence-corrected chi connectivity index (χ0v) is 9.53. The Morgan fingerprint density at radius 1 is 1.77 bits per heavy atom. The molecule has 0 aromatic heterocycles. The lowest BCUT2D eigenvalue weighted by Gasteiger charge is -2.26. The van der Waals surface area contributed by atoms with Crippen LogP contribution in [-0.4, -0.2) is 21.9 Å². The summed E-state index contributed by atoms with van der Waals surface area (Å²) in [5.41, 5.74) is 5.65. The van der Waals surface area contributed by atoms with Crippen LogP contribution in [0.25, 0.3) is 0 Å². The van der Waals surface area contributed by atoms with Crippen LogP contribution in [-0.2, 0) is 0 Å². The largest absolute Gasteiger partial charge is 0.397 e. The van der Waals surface area contributed by atoms with Gasteiger partial charge < -0.3 is 5.73 Å². The molecule has 1 aliphatic rings. The highest BCUT2D eigenvalue weighted by Crippen LogP contribution is 2.26. The van der Waals surface area contributed by atoms with Crippen molar-refractivity contribution in [3.05, 3.63) is 10.9 Å². The van der Waals surface area contributed by atoms with E-state index in [-0.39, 0.29) is 10.7 Å². The fourth-order valence-corrected chi connectivity index (χ4v) is 2.05. The molecule has 1 atom stereocenters. The Labute approximate surface area is 92.1 Å². The number of halogens is 2. The van der Waals surface area contributed by atoms with Crippen molar-refractivity contribution in [2.24, 2.45) is 10.7 Å². The number of hydrogen-bond acceptors (Lipinski definition) is 4. The minimum atomic E-state index is -0.387. The summed E-state index contributed by atoms with van der Waals surface area (Å²) in [4.78, 5) is 3.91. The van der Waals surface area contributed by atoms with Crippen molar-refractivity contribution >= 4 is 41.5 Å². The highest BCUT2D eigenvalue weighted by molar-refractivity contribution is 7.97. The fraction of sp³-hybridized carbons (Fsp3) is 0.571. The van der Waals surface area contributed by atoms with E-state index < -0.39 is 0 Å². The van der Waals surface area contributed by atoms with Crippen molar-refractivity contribution in [1.82, 2.24) is 4.31 Å². The number of nitrogens with zero attached hydrogens (tertiary/aromatic N) is 2. The summed E-state index contributed by atoms with van der Waals surface area (Å²) < 4.78 is 1.80. The van der Waals surface area contributed by atoms with Crippen LogP contribution >= 0.6 is 35.1 Å². The quantitative estimate of drug-likeness (QED) is 0.467. The second kappa shape index (κ2) is 4.98. The van der Waals surface area contributed by atoms with Gasteiger partial charge in [0.2, 0.25) is 0 Å². The number of alkyl halides is 1. The molecule has 0 saturated carbocycles. The number of rotatable bonds is 3. The van der Waals surface area contributed by atoms with E-state index in [4.69, 9.17) is 28.9 Å². The predicted octanol–water partition coefficient (Wildman–Crippen LogP) is 2.32. The zero-order chi connectivity index (χ0) is 9.84. The average Bonchev–Trinajstić information content (AvgIpc) is 2.13. The Hall–Kier alpha value is -0.0600. The summed E-state index contributed by atoms with van der Waals surface area (Å²) in [5.74, 6) is 0.986. The van der Waals surface area contributed by atoms with Gasteiger partial charge in [-0.1, -0.05) is 30.1 Å². The van der Waals surface area contributed by atoms with Crippen LogP contribution in [0.4, 0.5) is 0 Å². The molecule has 0 spiro atoms. The maximum Gasteiger partial charge on any atom is 0.158 e. The van der Waals surface area contributed by atoms with Crippen molar-refractivity contribution in [1.29, 1.82) is 0 Å². The Morgan fingerprint density at radius 2 is 2.46 bits per heavy atom. The van der Waals surface area contributed by atoms with Gasteiger partial charge in [-0.3, -0.25) is 4.31 Å². The van der Waals surface area contributed by atoms with Gasteiger partial charge in [0.15, 0.2) is 10.7 Å². The molecule has 0 aliphatic carbocycles. The predicted molar refractivity (Wildman–Crippen MR) is 59.8 cm³/mol. The molecule has 2 N–H and O–H groups in total. The minimum Gasteiger partial charge on any atom is -0.397 e. The number of nitrogens with two attached hydrogens (primary N) is 1. The van der Waals surface area contributed by atoms with Crippen LogP contribution in [0.1, 0.15) is 13.3 Å². The number of aliphatic imine (C=N–C) groups is 1. The van der Waals surface area contributed by atoms with E-state index in [1.165, 1.54) is 0 Å². The van der Waals surface area contributed by atoms with Crippen molar-refractivity contribution in [3.8, 4) is 0 Å². The van der Waals surface area contributed by atoms with E-state index in [0.717, 1.165) is 12.2 Å². The lowest BCUT2D eigenvalue weighted by Crippen LogP contribution is -2.32. The van der Waals surface area contributed by atoms with E-state index in [1.54, 1.807) is 22.6 Å². The molecule has 1 unspecified atom stereocenters. The fourth-order valence-electron chi connectivity index (χ4n) is 0.771. The second-order valence-corrected chi connectivity index (χ2v) is 4.38. The van der Waals surface area contributed by atoms with Gasteiger partial charge in [-0.15, -0.1) is 0 Å². The molecule has 1 rings (SSSR count). The SMILES string of the molecule is CCCSN1C=NC(Cl)=C(N)C1Cl. The van der Waals surface area contributed by atoms with Gasteiger partial charge in [0.1, 0.15) is 6.34 Å². The topological polar surface area (TPSA) is 41.6 Å². The molecule has 1 heterocycles. The van der Waals surface area contributed by atoms with Crippen LogP contribution in [0.5, 0.6) is 0 Å². The van der Waals surface area contributed by atoms with Gasteiger partial charge in [0.05, 0.1) is 5.70 Å². The van der Waals surface area contributed by atoms with Crippen molar-refractivity contribution < 1.29 is 0 Å². The van der Waals surface area contributed by atoms with Crippen molar-refractivity contribution in [2.45, 2.75) is 18.8 Å². The molecule has 0 aromatic carbocycles. The van der Waals surface area contributed by atoms with Gasteiger partial charge in [0, 0.05) is 5.75 Å². The monoisotopic (exact) mass is 239 g/mol. The molecule has 13 heavy (non-hydrogen) atoms. The van der Waals surface area contributed by atoms with Gasteiger partial charge in [0.25, 0.3) is 0 Å². The summed E-state index contributed by atoms with van der Waals surface area (Å²) >= 11 is 13.3. The molecular formula is C7H11Cl2N3S. The maximum absolute atomic E-state index is 6.01. The minimum absolute atomic E-state index is 0.286. The molecule has 0 bridgehead atoms. The van der Waals surface area contributed by atoms with Gasteiger partial charge in [-0.05, 0) is 18.4 Å². The van der Waals surface area contributed by atoms with Crippen LogP contribution < -0.4 is 5.73 Å². The van der Waals surface area contributed by atoms with E-state index in [1.807, 2.05) is 0 Å². The van der Waals surface area contributed by atoms with E-state index in [9.17, 15) is 0 Å². The molecule has 74 valence electrons. The molecule has 0 radical (unpaired) electrons. The lowest BCUT2D eigenvalue weighted by molar-refractivity contribution is 0.668. The normalized spacial score (nSPS) is 22.7. The zero-order valence-electron chi connectivity index (χ0n) is 7.20. The van der Waals surface area contributed by atoms with Gasteiger partial charge in [-0.25, -0.2) is 4.99 Å². The highest BCUT2D eigenvalue weighted by atomic mass is 35.5. The number of hydrogen-bond donors (Lipinski definition) is 1. The summed E-state index contributed by atoms with van der Waals surface area (Å²) in [7, 11) is 0. The Balaban J connectivity index is 2.58. The summed E-state index contributed by atoms with van der Waals surface area (Å²) in [6.45, 7) is 2.10. The van der Waals surface area contributed by atoms with Crippen LogP contribution in [0, 0.1) is 0 Å². The molecule has 0 fully saturated rings. The van der Waals surface area contributed by atoms with E-state index in [2.05, 4.69) is 11.9 Å². The molecule has 0 saturated heterocycles. The first-order valence-corrected chi connectivity index (χ1v) is 5.67. The Bertz CT molecular complexity index is 242. The summed E-state index contributed by atoms with van der Waals surface area (Å²) in [6.07, 6.45) is 2.69. The molecular weight excluding hydrogens is 229 g/mol. The van der Waals surface area contributed by atoms with Crippen LogP contribution in [0.15, 0.2) is 15.8 Å². The van der Waals surface area contributed by atoms with Gasteiger partial charge in [-0.2, -0.15) is 0 Å². The third kappa shape index (κ3) is 2.69. The standard InChI is InChI=1S/C7H11Cl2N3S/c1-2-3-13-12-4-11-6(8)5(10)7(12)9/h4,7H,2-3,10H2,1H3. The Morgan fingerprint density at radius 3 is 3.08 bits per heavy atom. The van der Waals surface area contributed by atoms with E-state index >= 15 is 0 Å². The van der Waals surface area contributed by atoms with Gasteiger partial charge >= 0.3 is 0 Å². The summed E-state index contributed by atoms with van der Waals surface area (Å²) in [6, 6.07) is 0. The summed E-state index contributed by atoms with van der Waals surface area (Å²) in [5, 5.41) is 0.286. The molecule has 0 amide bonds. The molecule has 3 nitrogen and oxygen atoms in total. The van der Waals surface area contributed by atoms with Crippen LogP contribution in [0.2, 0.25) is 0 Å². The lowest BCUT2D eigenvalue weighted by atomic mass is 10.4. The first-order valence-electron chi connectivity index (χ1n) is 3.91. The average molecular weight is 240 g/mol. The third-order valence-electron chi connectivity index (χ3n) is 1.45. The maximum atomic E-state index is 6.01. The third-order valence-corrected chi connectivity index (χ3v) is 3.52. The second-order valence-electron chi connectivity index (χ2n) is 2.52. The molecule has 6 heteroatoms. The first kappa shape index (κ1) is 11.0. The van der Waals surface area contributed by atoms with E-state index in [0.29, 0.717) is 5.70 Å². The molecule has 0 aromatic rings. The smallest absolute Gasteiger partial charge is 0.158 e. The highest BCUT2D eigenvalue weighted by Gasteiger charge is 2.22. The Kier molecular flexibility index (Phi) is 4.22. The van der Waals surface area contributed by atoms with Crippen molar-refractivity contribution in [2.75, 3.05) is 5.75 Å². The van der Waals surface area contributed by atoms with Crippen LogP contribution in [0.3, 0.4) is 0 Å². The van der Waals surface area contributed by atoms with Crippen molar-refractivity contribution in [3.63, 3.8) is 0 Å². The first-order chi connectivity index (χ1) is 6.16.